The summed E-state index contributed by atoms with van der Waals surface area (Å²) < 4.78 is 16.1. The minimum atomic E-state index is -3.06. The van der Waals surface area contributed by atoms with Crippen LogP contribution in [0.5, 0.6) is 0 Å². The SMILES string of the molecule is Nc1ccc(C(O[PH](=O)O)c2ccc(N)cc2)cc1. The second-order valence-electron chi connectivity index (χ2n) is 4.10. The van der Waals surface area contributed by atoms with Crippen LogP contribution in [0, 0.1) is 0 Å². The zero-order chi connectivity index (χ0) is 13.8. The summed E-state index contributed by atoms with van der Waals surface area (Å²) in [6.07, 6.45) is -0.613. The van der Waals surface area contributed by atoms with Gasteiger partial charge in [0.05, 0.1) is 0 Å². The van der Waals surface area contributed by atoms with Gasteiger partial charge >= 0.3 is 8.25 Å². The molecular formula is C13H15N2O3P. The molecule has 2 aromatic carbocycles. The van der Waals surface area contributed by atoms with Gasteiger partial charge in [0, 0.05) is 11.4 Å². The molecule has 5 N–H and O–H groups in total. The maximum absolute atomic E-state index is 11.0. The Balaban J connectivity index is 2.37. The van der Waals surface area contributed by atoms with Crippen LogP contribution in [0.2, 0.25) is 0 Å². The van der Waals surface area contributed by atoms with E-state index in [4.69, 9.17) is 20.9 Å². The Kier molecular flexibility index (Phi) is 4.22. The Morgan fingerprint density at radius 2 is 1.26 bits per heavy atom. The summed E-state index contributed by atoms with van der Waals surface area (Å²) in [6.45, 7) is 0. The smallest absolute Gasteiger partial charge is 0.317 e. The monoisotopic (exact) mass is 278 g/mol. The van der Waals surface area contributed by atoms with Crippen molar-refractivity contribution in [3.8, 4) is 0 Å². The molecule has 0 saturated heterocycles. The second kappa shape index (κ2) is 5.89. The molecule has 0 bridgehead atoms. The highest BCUT2D eigenvalue weighted by molar-refractivity contribution is 7.32. The zero-order valence-corrected chi connectivity index (χ0v) is 11.1. The first-order chi connectivity index (χ1) is 9.06. The van der Waals surface area contributed by atoms with Crippen molar-refractivity contribution in [2.24, 2.45) is 0 Å². The topological polar surface area (TPSA) is 98.6 Å². The minimum absolute atomic E-state index is 0.613. The molecule has 0 aromatic heterocycles. The van der Waals surface area contributed by atoms with Crippen molar-refractivity contribution in [2.45, 2.75) is 6.10 Å². The van der Waals surface area contributed by atoms with E-state index >= 15 is 0 Å². The van der Waals surface area contributed by atoms with Gasteiger partial charge in [-0.2, -0.15) is 0 Å². The van der Waals surface area contributed by atoms with E-state index < -0.39 is 14.4 Å². The molecule has 0 heterocycles. The highest BCUT2D eigenvalue weighted by Gasteiger charge is 2.16. The average Bonchev–Trinajstić information content (AvgIpc) is 2.38. The first kappa shape index (κ1) is 13.6. The van der Waals surface area contributed by atoms with Gasteiger partial charge in [0.25, 0.3) is 0 Å². The minimum Gasteiger partial charge on any atom is -0.399 e. The summed E-state index contributed by atoms with van der Waals surface area (Å²) in [6, 6.07) is 13.9. The highest BCUT2D eigenvalue weighted by atomic mass is 31.1. The molecule has 100 valence electrons. The maximum Gasteiger partial charge on any atom is 0.317 e. The molecule has 1 atom stereocenters. The number of nitrogen functional groups attached to an aromatic ring is 2. The highest BCUT2D eigenvalue weighted by Crippen LogP contribution is 2.34. The molecule has 2 rings (SSSR count). The number of nitrogens with two attached hydrogens (primary N) is 2. The van der Waals surface area contributed by atoms with Crippen molar-refractivity contribution >= 4 is 19.6 Å². The van der Waals surface area contributed by atoms with Crippen molar-refractivity contribution in [3.63, 3.8) is 0 Å². The van der Waals surface area contributed by atoms with Crippen LogP contribution in [0.15, 0.2) is 48.5 Å². The van der Waals surface area contributed by atoms with Crippen molar-refractivity contribution in [2.75, 3.05) is 11.5 Å². The number of hydrogen-bond donors (Lipinski definition) is 3. The average molecular weight is 278 g/mol. The quantitative estimate of drug-likeness (QED) is 0.589. The predicted octanol–water partition coefficient (Wildman–Crippen LogP) is 2.34. The standard InChI is InChI=1S/C13H15N2O3P/c14-11-5-1-9(2-6-11)13(18-19(16)17)10-3-7-12(15)8-4-10/h1-8,13,19H,14-15H2,(H,16,17). The van der Waals surface area contributed by atoms with Crippen LogP contribution in [0.3, 0.4) is 0 Å². The summed E-state index contributed by atoms with van der Waals surface area (Å²) in [5.74, 6) is 0. The predicted molar refractivity (Wildman–Crippen MR) is 75.9 cm³/mol. The molecule has 19 heavy (non-hydrogen) atoms. The largest absolute Gasteiger partial charge is 0.399 e. The van der Waals surface area contributed by atoms with Crippen LogP contribution in [0.1, 0.15) is 17.2 Å². The van der Waals surface area contributed by atoms with Crippen molar-refractivity contribution in [1.82, 2.24) is 0 Å². The van der Waals surface area contributed by atoms with E-state index in [1.54, 1.807) is 48.5 Å². The fraction of sp³-hybridized carbons (Fsp3) is 0.0769. The number of rotatable bonds is 4. The van der Waals surface area contributed by atoms with Gasteiger partial charge in [-0.15, -0.1) is 0 Å². The van der Waals surface area contributed by atoms with Crippen LogP contribution in [-0.4, -0.2) is 4.89 Å². The molecule has 1 unspecified atom stereocenters. The normalized spacial score (nSPS) is 12.5. The Hall–Kier alpha value is -1.81. The van der Waals surface area contributed by atoms with Crippen LogP contribution in [0.4, 0.5) is 11.4 Å². The van der Waals surface area contributed by atoms with E-state index in [1.165, 1.54) is 0 Å². The molecule has 0 fully saturated rings. The van der Waals surface area contributed by atoms with Gasteiger partial charge in [-0.1, -0.05) is 24.3 Å². The molecule has 0 radical (unpaired) electrons. The third-order valence-corrected chi connectivity index (χ3v) is 3.13. The van der Waals surface area contributed by atoms with Gasteiger partial charge in [0.15, 0.2) is 0 Å². The lowest BCUT2D eigenvalue weighted by atomic mass is 10.0. The van der Waals surface area contributed by atoms with E-state index in [0.717, 1.165) is 11.1 Å². The third kappa shape index (κ3) is 3.58. The molecule has 2 aromatic rings. The van der Waals surface area contributed by atoms with Crippen molar-refractivity contribution < 1.29 is 14.0 Å². The van der Waals surface area contributed by atoms with Crippen LogP contribution < -0.4 is 11.5 Å². The Morgan fingerprint density at radius 3 is 1.58 bits per heavy atom. The molecule has 5 nitrogen and oxygen atoms in total. The maximum atomic E-state index is 11.0. The first-order valence-electron chi connectivity index (χ1n) is 5.66. The lowest BCUT2D eigenvalue weighted by Gasteiger charge is -2.17. The zero-order valence-electron chi connectivity index (χ0n) is 10.1. The van der Waals surface area contributed by atoms with Gasteiger partial charge < -0.3 is 16.4 Å². The molecular weight excluding hydrogens is 263 g/mol. The lowest BCUT2D eigenvalue weighted by molar-refractivity contribution is 0.226. The first-order valence-corrected chi connectivity index (χ1v) is 6.93. The number of benzene rings is 2. The lowest BCUT2D eigenvalue weighted by Crippen LogP contribution is -2.03. The summed E-state index contributed by atoms with van der Waals surface area (Å²) in [5, 5.41) is 0. The van der Waals surface area contributed by atoms with Gasteiger partial charge in [0.1, 0.15) is 6.10 Å². The molecule has 0 saturated carbocycles. The number of anilines is 2. The van der Waals surface area contributed by atoms with Crippen LogP contribution in [-0.2, 0) is 9.09 Å². The molecule has 6 heteroatoms. The fourth-order valence-corrected chi connectivity index (χ4v) is 2.24. The van der Waals surface area contributed by atoms with E-state index in [0.29, 0.717) is 11.4 Å². The van der Waals surface area contributed by atoms with E-state index in [9.17, 15) is 4.57 Å². The van der Waals surface area contributed by atoms with E-state index in [1.807, 2.05) is 0 Å². The summed E-state index contributed by atoms with van der Waals surface area (Å²) in [4.78, 5) is 9.03. The Bertz CT molecular complexity index is 524. The van der Waals surface area contributed by atoms with E-state index in [-0.39, 0.29) is 0 Å². The van der Waals surface area contributed by atoms with Crippen LogP contribution in [0.25, 0.3) is 0 Å². The van der Waals surface area contributed by atoms with Gasteiger partial charge in [-0.05, 0) is 35.4 Å². The molecule has 0 aliphatic carbocycles. The van der Waals surface area contributed by atoms with Gasteiger partial charge in [0.2, 0.25) is 0 Å². The Morgan fingerprint density at radius 1 is 0.895 bits per heavy atom. The molecule has 0 aliphatic heterocycles. The second-order valence-corrected chi connectivity index (χ2v) is 4.86. The van der Waals surface area contributed by atoms with Crippen molar-refractivity contribution in [1.29, 1.82) is 0 Å². The number of hydrogen-bond acceptors (Lipinski definition) is 4. The summed E-state index contributed by atoms with van der Waals surface area (Å²) in [5.41, 5.74) is 14.0. The summed E-state index contributed by atoms with van der Waals surface area (Å²) >= 11 is 0. The van der Waals surface area contributed by atoms with E-state index in [2.05, 4.69) is 0 Å². The molecule has 0 aliphatic rings. The molecule has 0 amide bonds. The van der Waals surface area contributed by atoms with Crippen molar-refractivity contribution in [3.05, 3.63) is 59.7 Å². The van der Waals surface area contributed by atoms with Gasteiger partial charge in [-0.3, -0.25) is 9.09 Å². The van der Waals surface area contributed by atoms with Crippen LogP contribution >= 0.6 is 8.25 Å². The molecule has 0 spiro atoms. The Labute approximate surface area is 111 Å². The van der Waals surface area contributed by atoms with Gasteiger partial charge in [-0.25, -0.2) is 0 Å². The summed E-state index contributed by atoms with van der Waals surface area (Å²) in [7, 11) is -3.06. The fourth-order valence-electron chi connectivity index (χ4n) is 1.77. The third-order valence-electron chi connectivity index (χ3n) is 2.70.